The van der Waals surface area contributed by atoms with Gasteiger partial charge < -0.3 is 25.5 Å². The van der Waals surface area contributed by atoms with E-state index >= 15 is 0 Å². The van der Waals surface area contributed by atoms with Gasteiger partial charge in [-0.2, -0.15) is 0 Å². The maximum absolute atomic E-state index is 12.7. The maximum Gasteiger partial charge on any atom is 0.290 e. The second-order valence-electron chi connectivity index (χ2n) is 7.66. The van der Waals surface area contributed by atoms with Crippen LogP contribution in [0.3, 0.4) is 0 Å². The first-order chi connectivity index (χ1) is 13.5. The number of aliphatic hydroxyl groups is 1. The number of carbonyl (C=O) groups is 3. The highest BCUT2D eigenvalue weighted by atomic mass is 16.3. The molecule has 0 aromatic carbocycles. The fourth-order valence-electron chi connectivity index (χ4n) is 4.21. The van der Waals surface area contributed by atoms with Crippen LogP contribution >= 0.6 is 0 Å². The number of amides is 3. The minimum Gasteiger partial charge on any atom is -0.459 e. The van der Waals surface area contributed by atoms with Crippen LogP contribution in [0.2, 0.25) is 0 Å². The molecular weight excluding hydrogens is 362 g/mol. The molecule has 1 aromatic heterocycles. The fourth-order valence-corrected chi connectivity index (χ4v) is 4.21. The summed E-state index contributed by atoms with van der Waals surface area (Å²) in [7, 11) is 0. The molecule has 3 amide bonds. The minimum absolute atomic E-state index is 0.0748. The highest BCUT2D eigenvalue weighted by molar-refractivity contribution is 5.95. The predicted octanol–water partition coefficient (Wildman–Crippen LogP) is 1.000. The number of aliphatic hydroxyl groups excluding tert-OH is 1. The quantitative estimate of drug-likeness (QED) is 0.668. The van der Waals surface area contributed by atoms with Crippen LogP contribution in [0.5, 0.6) is 0 Å². The number of primary amides is 1. The Morgan fingerprint density at radius 3 is 2.64 bits per heavy atom. The third-order valence-corrected chi connectivity index (χ3v) is 5.71. The van der Waals surface area contributed by atoms with Gasteiger partial charge >= 0.3 is 0 Å². The molecule has 0 spiro atoms. The zero-order chi connectivity index (χ0) is 20.1. The SMILES string of the molecule is NC(=O)C1[C@@H](O)C(NC(=O)[CH]CC2CCCC2)CCCN1C(=O)c1ccco1. The Morgan fingerprint density at radius 2 is 2.00 bits per heavy atom. The van der Waals surface area contributed by atoms with Crippen molar-refractivity contribution in [1.29, 1.82) is 0 Å². The number of carbonyl (C=O) groups excluding carboxylic acids is 3. The van der Waals surface area contributed by atoms with Crippen LogP contribution in [0.25, 0.3) is 0 Å². The Morgan fingerprint density at radius 1 is 1.25 bits per heavy atom. The van der Waals surface area contributed by atoms with Crippen molar-refractivity contribution in [2.75, 3.05) is 6.54 Å². The van der Waals surface area contributed by atoms with Crippen molar-refractivity contribution >= 4 is 17.7 Å². The van der Waals surface area contributed by atoms with Crippen LogP contribution < -0.4 is 11.1 Å². The lowest BCUT2D eigenvalue weighted by atomic mass is 9.98. The van der Waals surface area contributed by atoms with Gasteiger partial charge in [-0.25, -0.2) is 0 Å². The summed E-state index contributed by atoms with van der Waals surface area (Å²) in [6, 6.07) is 1.18. The summed E-state index contributed by atoms with van der Waals surface area (Å²) in [5.41, 5.74) is 5.50. The highest BCUT2D eigenvalue weighted by Crippen LogP contribution is 2.28. The summed E-state index contributed by atoms with van der Waals surface area (Å²) in [6.45, 7) is 0.238. The van der Waals surface area contributed by atoms with Gasteiger partial charge in [0.1, 0.15) is 12.1 Å². The van der Waals surface area contributed by atoms with Crippen molar-refractivity contribution in [2.24, 2.45) is 11.7 Å². The first-order valence-corrected chi connectivity index (χ1v) is 9.93. The van der Waals surface area contributed by atoms with Gasteiger partial charge in [0, 0.05) is 13.0 Å². The number of nitrogens with one attached hydrogen (secondary N) is 1. The van der Waals surface area contributed by atoms with E-state index in [1.807, 2.05) is 0 Å². The van der Waals surface area contributed by atoms with E-state index in [0.717, 1.165) is 19.3 Å². The van der Waals surface area contributed by atoms with Crippen LogP contribution in [0.15, 0.2) is 22.8 Å². The molecule has 0 bridgehead atoms. The Labute approximate surface area is 164 Å². The molecule has 28 heavy (non-hydrogen) atoms. The number of furan rings is 1. The van der Waals surface area contributed by atoms with Gasteiger partial charge in [0.2, 0.25) is 11.8 Å². The van der Waals surface area contributed by atoms with Gasteiger partial charge in [0.25, 0.3) is 5.91 Å². The number of rotatable bonds is 6. The molecule has 4 N–H and O–H groups in total. The van der Waals surface area contributed by atoms with Crippen LogP contribution in [0, 0.1) is 12.3 Å². The number of likely N-dealkylation sites (tertiary alicyclic amines) is 1. The Kier molecular flexibility index (Phi) is 6.72. The largest absolute Gasteiger partial charge is 0.459 e. The van der Waals surface area contributed by atoms with Crippen molar-refractivity contribution in [1.82, 2.24) is 10.2 Å². The second kappa shape index (κ2) is 9.23. The molecule has 2 aliphatic rings. The van der Waals surface area contributed by atoms with Gasteiger partial charge in [-0.05, 0) is 37.3 Å². The fraction of sp³-hybridized carbons (Fsp3) is 0.600. The average molecular weight is 390 g/mol. The first kappa shape index (κ1) is 20.4. The van der Waals surface area contributed by atoms with E-state index in [0.29, 0.717) is 18.8 Å². The lowest BCUT2D eigenvalue weighted by molar-refractivity contribution is -0.128. The standard InChI is InChI=1S/C20H28N3O5/c21-19(26)17-18(25)14(22-16(24)10-9-13-5-1-2-6-13)7-3-11-23(17)20(27)15-8-4-12-28-15/h4,8,10,12-14,17-18,25H,1-3,5-7,9,11H2,(H2,21,26)(H,22,24)/t14?,17?,18-/m0/s1. The zero-order valence-corrected chi connectivity index (χ0v) is 15.9. The van der Waals surface area contributed by atoms with Crippen LogP contribution in [0.1, 0.15) is 55.5 Å². The molecule has 1 aliphatic heterocycles. The summed E-state index contributed by atoms with van der Waals surface area (Å²) in [5, 5.41) is 13.6. The van der Waals surface area contributed by atoms with E-state index < -0.39 is 30.0 Å². The zero-order valence-electron chi connectivity index (χ0n) is 15.9. The van der Waals surface area contributed by atoms with Crippen LogP contribution in [-0.2, 0) is 9.59 Å². The van der Waals surface area contributed by atoms with Gasteiger partial charge in [-0.15, -0.1) is 0 Å². The molecular formula is C20H28N3O5. The van der Waals surface area contributed by atoms with Crippen LogP contribution in [-0.4, -0.2) is 52.5 Å². The molecule has 1 saturated carbocycles. The lowest BCUT2D eigenvalue weighted by Crippen LogP contribution is -2.58. The molecule has 2 fully saturated rings. The Hall–Kier alpha value is -2.35. The number of hydrogen-bond donors (Lipinski definition) is 3. The van der Waals surface area contributed by atoms with Crippen molar-refractivity contribution < 1.29 is 23.9 Å². The lowest BCUT2D eigenvalue weighted by Gasteiger charge is -2.32. The molecule has 2 unspecified atom stereocenters. The van der Waals surface area contributed by atoms with Gasteiger partial charge in [0.05, 0.1) is 12.3 Å². The molecule has 1 aliphatic carbocycles. The highest BCUT2D eigenvalue weighted by Gasteiger charge is 2.42. The van der Waals surface area contributed by atoms with Gasteiger partial charge in [-0.1, -0.05) is 25.7 Å². The monoisotopic (exact) mass is 390 g/mol. The predicted molar refractivity (Wildman–Crippen MR) is 101 cm³/mol. The third kappa shape index (κ3) is 4.73. The first-order valence-electron chi connectivity index (χ1n) is 9.93. The molecule has 1 aromatic rings. The topological polar surface area (TPSA) is 126 Å². The number of nitrogens with two attached hydrogens (primary N) is 1. The van der Waals surface area contributed by atoms with E-state index in [2.05, 4.69) is 5.32 Å². The summed E-state index contributed by atoms with van der Waals surface area (Å²) in [4.78, 5) is 38.3. The van der Waals surface area contributed by atoms with Crippen LogP contribution in [0.4, 0.5) is 0 Å². The molecule has 3 atom stereocenters. The van der Waals surface area contributed by atoms with E-state index in [9.17, 15) is 19.5 Å². The maximum atomic E-state index is 12.7. The Balaban J connectivity index is 1.64. The molecule has 1 saturated heterocycles. The van der Waals surface area contributed by atoms with Gasteiger partial charge in [0.15, 0.2) is 5.76 Å². The molecule has 3 rings (SSSR count). The molecule has 8 nitrogen and oxygen atoms in total. The molecule has 2 heterocycles. The number of hydrogen-bond acceptors (Lipinski definition) is 5. The van der Waals surface area contributed by atoms with Crippen molar-refractivity contribution in [3.63, 3.8) is 0 Å². The van der Waals surface area contributed by atoms with E-state index in [4.69, 9.17) is 10.2 Å². The summed E-state index contributed by atoms with van der Waals surface area (Å²) in [5.74, 6) is -0.962. The summed E-state index contributed by atoms with van der Waals surface area (Å²) >= 11 is 0. The molecule has 1 radical (unpaired) electrons. The van der Waals surface area contributed by atoms with E-state index in [1.165, 1.54) is 30.1 Å². The Bertz CT molecular complexity index is 684. The third-order valence-electron chi connectivity index (χ3n) is 5.71. The average Bonchev–Trinajstić information content (AvgIpc) is 3.34. The van der Waals surface area contributed by atoms with E-state index in [-0.39, 0.29) is 18.2 Å². The van der Waals surface area contributed by atoms with Crippen molar-refractivity contribution in [3.05, 3.63) is 30.6 Å². The minimum atomic E-state index is -1.29. The van der Waals surface area contributed by atoms with Crippen molar-refractivity contribution in [2.45, 2.75) is 63.1 Å². The second-order valence-corrected chi connectivity index (χ2v) is 7.66. The summed E-state index contributed by atoms with van der Waals surface area (Å²) in [6.07, 6.45) is 8.08. The summed E-state index contributed by atoms with van der Waals surface area (Å²) < 4.78 is 5.12. The molecule has 8 heteroatoms. The van der Waals surface area contributed by atoms with Gasteiger partial charge in [-0.3, -0.25) is 14.4 Å². The van der Waals surface area contributed by atoms with E-state index in [1.54, 1.807) is 12.5 Å². The molecule has 153 valence electrons. The number of nitrogens with zero attached hydrogens (tertiary/aromatic N) is 1. The normalized spacial score (nSPS) is 26.0. The van der Waals surface area contributed by atoms with Crippen molar-refractivity contribution in [3.8, 4) is 0 Å². The smallest absolute Gasteiger partial charge is 0.290 e.